The molecule has 0 bridgehead atoms. The molecule has 0 amide bonds. The van der Waals surface area contributed by atoms with E-state index >= 15 is 0 Å². The summed E-state index contributed by atoms with van der Waals surface area (Å²) in [4.78, 5) is 0. The van der Waals surface area contributed by atoms with E-state index in [1.165, 1.54) is 0 Å². The standard InChI is InChI=1S/C20H43NO4/c1-7-13-17-24-19(15-9-3,22-11-5)21-20(16-10-4,23-12-6)25-18-14-8-2/h21H,7-18H2,1-6H3. The van der Waals surface area contributed by atoms with Crippen molar-refractivity contribution in [2.75, 3.05) is 26.4 Å². The van der Waals surface area contributed by atoms with Gasteiger partial charge in [-0.1, -0.05) is 40.5 Å². The summed E-state index contributed by atoms with van der Waals surface area (Å²) in [5.41, 5.74) is 0. The van der Waals surface area contributed by atoms with Gasteiger partial charge in [-0.3, -0.25) is 0 Å². The predicted molar refractivity (Wildman–Crippen MR) is 103 cm³/mol. The van der Waals surface area contributed by atoms with Crippen LogP contribution < -0.4 is 5.32 Å². The van der Waals surface area contributed by atoms with Crippen LogP contribution in [0.1, 0.15) is 92.9 Å². The highest BCUT2D eigenvalue weighted by molar-refractivity contribution is 4.77. The number of nitrogens with one attached hydrogen (secondary N) is 1. The van der Waals surface area contributed by atoms with Crippen LogP contribution in [-0.4, -0.2) is 38.2 Å². The third-order valence-electron chi connectivity index (χ3n) is 3.96. The van der Waals surface area contributed by atoms with Crippen molar-refractivity contribution in [3.63, 3.8) is 0 Å². The van der Waals surface area contributed by atoms with E-state index in [9.17, 15) is 0 Å². The lowest BCUT2D eigenvalue weighted by molar-refractivity contribution is -0.346. The molecule has 0 fully saturated rings. The molecule has 0 aliphatic rings. The molecule has 1 N–H and O–H groups in total. The molecule has 5 heteroatoms. The van der Waals surface area contributed by atoms with E-state index in [1.54, 1.807) is 0 Å². The van der Waals surface area contributed by atoms with Gasteiger partial charge in [-0.2, -0.15) is 0 Å². The van der Waals surface area contributed by atoms with Crippen molar-refractivity contribution < 1.29 is 18.9 Å². The van der Waals surface area contributed by atoms with E-state index in [0.717, 1.165) is 51.4 Å². The molecule has 0 aromatic carbocycles. The molecule has 0 saturated carbocycles. The van der Waals surface area contributed by atoms with Gasteiger partial charge in [-0.25, -0.2) is 5.32 Å². The zero-order valence-electron chi connectivity index (χ0n) is 17.6. The molecule has 0 rings (SSSR count). The van der Waals surface area contributed by atoms with Crippen molar-refractivity contribution in [3.8, 4) is 0 Å². The summed E-state index contributed by atoms with van der Waals surface area (Å²) in [5.74, 6) is -1.73. The van der Waals surface area contributed by atoms with Crippen LogP contribution in [0.15, 0.2) is 0 Å². The summed E-state index contributed by atoms with van der Waals surface area (Å²) >= 11 is 0. The van der Waals surface area contributed by atoms with E-state index in [1.807, 2.05) is 13.8 Å². The van der Waals surface area contributed by atoms with Gasteiger partial charge < -0.3 is 18.9 Å². The molecule has 0 aromatic rings. The van der Waals surface area contributed by atoms with Gasteiger partial charge in [-0.15, -0.1) is 0 Å². The summed E-state index contributed by atoms with van der Waals surface area (Å²) < 4.78 is 24.6. The lowest BCUT2D eigenvalue weighted by Crippen LogP contribution is -2.63. The summed E-state index contributed by atoms with van der Waals surface area (Å²) in [6.07, 6.45) is 7.59. The normalized spacial score (nSPS) is 16.6. The minimum Gasteiger partial charge on any atom is -0.338 e. The highest BCUT2D eigenvalue weighted by Crippen LogP contribution is 2.27. The Hall–Kier alpha value is -0.200. The lowest BCUT2D eigenvalue weighted by atomic mass is 10.2. The van der Waals surface area contributed by atoms with Crippen molar-refractivity contribution in [1.29, 1.82) is 0 Å². The van der Waals surface area contributed by atoms with Crippen molar-refractivity contribution in [1.82, 2.24) is 5.32 Å². The topological polar surface area (TPSA) is 49.0 Å². The van der Waals surface area contributed by atoms with E-state index in [-0.39, 0.29) is 0 Å². The molecule has 0 spiro atoms. The van der Waals surface area contributed by atoms with Gasteiger partial charge in [-0.05, 0) is 39.5 Å². The van der Waals surface area contributed by atoms with E-state index < -0.39 is 11.8 Å². The van der Waals surface area contributed by atoms with Gasteiger partial charge in [0.2, 0.25) is 11.8 Å². The van der Waals surface area contributed by atoms with Crippen molar-refractivity contribution in [3.05, 3.63) is 0 Å². The van der Waals surface area contributed by atoms with Crippen LogP contribution in [0.25, 0.3) is 0 Å². The second kappa shape index (κ2) is 14.9. The van der Waals surface area contributed by atoms with Gasteiger partial charge in [0.25, 0.3) is 0 Å². The maximum Gasteiger partial charge on any atom is 0.231 e. The second-order valence-electron chi connectivity index (χ2n) is 6.40. The van der Waals surface area contributed by atoms with Crippen molar-refractivity contribution in [2.24, 2.45) is 0 Å². The van der Waals surface area contributed by atoms with Crippen LogP contribution in [0.2, 0.25) is 0 Å². The van der Waals surface area contributed by atoms with Gasteiger partial charge in [0, 0.05) is 26.1 Å². The van der Waals surface area contributed by atoms with E-state index in [0.29, 0.717) is 26.4 Å². The molecule has 0 aromatic heterocycles. The summed E-state index contributed by atoms with van der Waals surface area (Å²) in [6, 6.07) is 0. The van der Waals surface area contributed by atoms with Crippen molar-refractivity contribution >= 4 is 0 Å². The average molecular weight is 362 g/mol. The Bertz CT molecular complexity index is 259. The quantitative estimate of drug-likeness (QED) is 0.269. The molecule has 0 heterocycles. The highest BCUT2D eigenvalue weighted by atomic mass is 16.8. The van der Waals surface area contributed by atoms with Crippen LogP contribution >= 0.6 is 0 Å². The first-order valence-corrected chi connectivity index (χ1v) is 10.4. The molecule has 0 aliphatic heterocycles. The smallest absolute Gasteiger partial charge is 0.231 e. The Balaban J connectivity index is 5.40. The van der Waals surface area contributed by atoms with Gasteiger partial charge in [0.1, 0.15) is 0 Å². The van der Waals surface area contributed by atoms with Crippen LogP contribution in [0.3, 0.4) is 0 Å². The summed E-state index contributed by atoms with van der Waals surface area (Å²) in [6.45, 7) is 15.1. The number of ether oxygens (including phenoxy) is 4. The Morgan fingerprint density at radius 3 is 1.24 bits per heavy atom. The largest absolute Gasteiger partial charge is 0.338 e. The first kappa shape index (κ1) is 24.8. The Kier molecular flexibility index (Phi) is 14.8. The number of hydrogen-bond donors (Lipinski definition) is 1. The Morgan fingerprint density at radius 1 is 0.560 bits per heavy atom. The first-order valence-electron chi connectivity index (χ1n) is 10.4. The van der Waals surface area contributed by atoms with Gasteiger partial charge in [0.15, 0.2) is 0 Å². The minimum atomic E-state index is -0.866. The van der Waals surface area contributed by atoms with Crippen LogP contribution in [0.5, 0.6) is 0 Å². The van der Waals surface area contributed by atoms with Crippen molar-refractivity contribution in [2.45, 2.75) is 105 Å². The zero-order chi connectivity index (χ0) is 19.0. The maximum absolute atomic E-state index is 6.21. The monoisotopic (exact) mass is 361 g/mol. The van der Waals surface area contributed by atoms with Crippen LogP contribution in [0, 0.1) is 0 Å². The van der Waals surface area contributed by atoms with E-state index in [4.69, 9.17) is 18.9 Å². The molecule has 0 saturated heterocycles. The summed E-state index contributed by atoms with van der Waals surface area (Å²) in [7, 11) is 0. The molecule has 2 unspecified atom stereocenters. The molecular formula is C20H43NO4. The highest BCUT2D eigenvalue weighted by Gasteiger charge is 2.42. The SMILES string of the molecule is CCCCOC(CCC)(NC(CCC)(OCC)OCCCC)OCC. The first-order chi connectivity index (χ1) is 12.1. The zero-order valence-corrected chi connectivity index (χ0v) is 17.6. The fourth-order valence-electron chi connectivity index (χ4n) is 2.82. The molecular weight excluding hydrogens is 318 g/mol. The average Bonchev–Trinajstić information content (AvgIpc) is 2.56. The third-order valence-corrected chi connectivity index (χ3v) is 3.96. The summed E-state index contributed by atoms with van der Waals surface area (Å²) in [5, 5.41) is 3.51. The maximum atomic E-state index is 6.21. The van der Waals surface area contributed by atoms with Gasteiger partial charge in [0.05, 0.1) is 13.2 Å². The number of hydrogen-bond acceptors (Lipinski definition) is 5. The minimum absolute atomic E-state index is 0.572. The Morgan fingerprint density at radius 2 is 0.960 bits per heavy atom. The lowest BCUT2D eigenvalue weighted by Gasteiger charge is -2.43. The molecule has 5 nitrogen and oxygen atoms in total. The number of rotatable bonds is 18. The van der Waals surface area contributed by atoms with Gasteiger partial charge >= 0.3 is 0 Å². The van der Waals surface area contributed by atoms with E-state index in [2.05, 4.69) is 33.0 Å². The molecule has 152 valence electrons. The molecule has 0 radical (unpaired) electrons. The number of unbranched alkanes of at least 4 members (excludes halogenated alkanes) is 2. The second-order valence-corrected chi connectivity index (χ2v) is 6.40. The fourth-order valence-corrected chi connectivity index (χ4v) is 2.82. The molecule has 2 atom stereocenters. The molecule has 0 aliphatic carbocycles. The molecule has 25 heavy (non-hydrogen) atoms. The van der Waals surface area contributed by atoms with Crippen LogP contribution in [0.4, 0.5) is 0 Å². The van der Waals surface area contributed by atoms with Crippen LogP contribution in [-0.2, 0) is 18.9 Å². The third kappa shape index (κ3) is 9.90. The fraction of sp³-hybridized carbons (Fsp3) is 1.00. The predicted octanol–water partition coefficient (Wildman–Crippen LogP) is 5.19. The Labute approximate surface area is 156 Å².